The van der Waals surface area contributed by atoms with E-state index in [0.717, 1.165) is 38.1 Å². The Morgan fingerprint density at radius 2 is 1.90 bits per heavy atom. The summed E-state index contributed by atoms with van der Waals surface area (Å²) in [6, 6.07) is 3.64. The van der Waals surface area contributed by atoms with Gasteiger partial charge < -0.3 is 10.2 Å². The summed E-state index contributed by atoms with van der Waals surface area (Å²) < 4.78 is 37.8. The predicted molar refractivity (Wildman–Crippen MR) is 79.8 cm³/mol. The van der Waals surface area contributed by atoms with Crippen LogP contribution in [0.3, 0.4) is 0 Å². The molecule has 1 aliphatic heterocycles. The number of likely N-dealkylation sites (tertiary alicyclic amines) is 1. The third-order valence-corrected chi connectivity index (χ3v) is 4.46. The Hall–Kier alpha value is -0.940. The summed E-state index contributed by atoms with van der Waals surface area (Å²) in [6.45, 7) is 4.17. The fourth-order valence-electron chi connectivity index (χ4n) is 2.70. The highest BCUT2D eigenvalue weighted by Crippen LogP contribution is 2.34. The van der Waals surface area contributed by atoms with Crippen molar-refractivity contribution in [3.63, 3.8) is 0 Å². The van der Waals surface area contributed by atoms with Crippen LogP contribution in [0.15, 0.2) is 18.2 Å². The van der Waals surface area contributed by atoms with Gasteiger partial charge in [-0.25, -0.2) is 0 Å². The first-order chi connectivity index (χ1) is 9.77. The zero-order valence-electron chi connectivity index (χ0n) is 12.2. The van der Waals surface area contributed by atoms with Crippen molar-refractivity contribution in [3.05, 3.63) is 28.8 Å². The van der Waals surface area contributed by atoms with Crippen LogP contribution in [0, 0.1) is 5.92 Å². The summed E-state index contributed by atoms with van der Waals surface area (Å²) in [5, 5.41) is 3.37. The van der Waals surface area contributed by atoms with Gasteiger partial charge in [-0.3, -0.25) is 0 Å². The Labute approximate surface area is 128 Å². The van der Waals surface area contributed by atoms with Crippen molar-refractivity contribution in [2.75, 3.05) is 25.5 Å². The van der Waals surface area contributed by atoms with Crippen molar-refractivity contribution in [2.45, 2.75) is 32.0 Å². The van der Waals surface area contributed by atoms with Gasteiger partial charge in [0.05, 0.1) is 16.3 Å². The quantitative estimate of drug-likeness (QED) is 0.882. The molecule has 1 atom stereocenters. The fourth-order valence-corrected chi connectivity index (χ4v) is 2.94. The molecule has 0 saturated carbocycles. The van der Waals surface area contributed by atoms with E-state index in [2.05, 4.69) is 24.2 Å². The molecule has 2 rings (SSSR count). The monoisotopic (exact) mass is 320 g/mol. The number of piperidine rings is 1. The second-order valence-electron chi connectivity index (χ2n) is 5.77. The van der Waals surface area contributed by atoms with E-state index in [0.29, 0.717) is 11.6 Å². The number of alkyl halides is 3. The van der Waals surface area contributed by atoms with E-state index in [1.54, 1.807) is 0 Å². The highest BCUT2D eigenvalue weighted by molar-refractivity contribution is 6.33. The highest BCUT2D eigenvalue weighted by atomic mass is 35.5. The minimum atomic E-state index is -4.36. The number of halogens is 4. The molecule has 0 bridgehead atoms. The van der Waals surface area contributed by atoms with E-state index < -0.39 is 11.7 Å². The molecule has 1 heterocycles. The Morgan fingerprint density at radius 1 is 1.29 bits per heavy atom. The molecule has 1 N–H and O–H groups in total. The van der Waals surface area contributed by atoms with Gasteiger partial charge in [-0.2, -0.15) is 13.2 Å². The Balaban J connectivity index is 2.02. The average Bonchev–Trinajstić information content (AvgIpc) is 2.40. The van der Waals surface area contributed by atoms with Gasteiger partial charge in [-0.15, -0.1) is 0 Å². The molecule has 1 unspecified atom stereocenters. The SMILES string of the molecule is CC(Nc1ccc(C(F)(F)F)cc1Cl)C1CCN(C)CC1. The summed E-state index contributed by atoms with van der Waals surface area (Å²) in [4.78, 5) is 2.29. The molecule has 21 heavy (non-hydrogen) atoms. The van der Waals surface area contributed by atoms with Crippen molar-refractivity contribution < 1.29 is 13.2 Å². The second kappa shape index (κ2) is 6.44. The number of hydrogen-bond acceptors (Lipinski definition) is 2. The zero-order chi connectivity index (χ0) is 15.6. The molecule has 1 aromatic rings. The third-order valence-electron chi connectivity index (χ3n) is 4.15. The topological polar surface area (TPSA) is 15.3 Å². The summed E-state index contributed by atoms with van der Waals surface area (Å²) in [7, 11) is 2.10. The van der Waals surface area contributed by atoms with Gasteiger partial charge in [-0.05, 0) is 64.0 Å². The van der Waals surface area contributed by atoms with Crippen molar-refractivity contribution >= 4 is 17.3 Å². The summed E-state index contributed by atoms with van der Waals surface area (Å²) in [6.07, 6.45) is -2.19. The number of benzene rings is 1. The van der Waals surface area contributed by atoms with Crippen LogP contribution in [-0.4, -0.2) is 31.1 Å². The standard InChI is InChI=1S/C15H20ClF3N2/c1-10(11-5-7-21(2)8-6-11)20-14-4-3-12(9-13(14)16)15(17,18)19/h3-4,9-11,20H,5-8H2,1-2H3. The number of anilines is 1. The van der Waals surface area contributed by atoms with Gasteiger partial charge in [0.25, 0.3) is 0 Å². The fraction of sp³-hybridized carbons (Fsp3) is 0.600. The van der Waals surface area contributed by atoms with E-state index in [1.165, 1.54) is 6.07 Å². The maximum Gasteiger partial charge on any atom is 0.416 e. The molecule has 0 radical (unpaired) electrons. The Morgan fingerprint density at radius 3 is 2.43 bits per heavy atom. The lowest BCUT2D eigenvalue weighted by atomic mass is 9.90. The number of nitrogens with zero attached hydrogens (tertiary/aromatic N) is 1. The first-order valence-corrected chi connectivity index (χ1v) is 7.47. The molecule has 6 heteroatoms. The minimum absolute atomic E-state index is 0.115. The second-order valence-corrected chi connectivity index (χ2v) is 6.17. The van der Waals surface area contributed by atoms with Crippen LogP contribution in [0.4, 0.5) is 18.9 Å². The van der Waals surface area contributed by atoms with Gasteiger partial charge in [0.1, 0.15) is 0 Å². The highest BCUT2D eigenvalue weighted by Gasteiger charge is 2.31. The number of hydrogen-bond donors (Lipinski definition) is 1. The van der Waals surface area contributed by atoms with Gasteiger partial charge in [0, 0.05) is 6.04 Å². The lowest BCUT2D eigenvalue weighted by Gasteiger charge is -2.33. The van der Waals surface area contributed by atoms with E-state index in [9.17, 15) is 13.2 Å². The molecular weight excluding hydrogens is 301 g/mol. The minimum Gasteiger partial charge on any atom is -0.381 e. The van der Waals surface area contributed by atoms with Gasteiger partial charge in [0.15, 0.2) is 0 Å². The zero-order valence-corrected chi connectivity index (χ0v) is 12.9. The first-order valence-electron chi connectivity index (χ1n) is 7.09. The van der Waals surface area contributed by atoms with Crippen molar-refractivity contribution in [3.8, 4) is 0 Å². The molecule has 1 saturated heterocycles. The van der Waals surface area contributed by atoms with Gasteiger partial charge >= 0.3 is 6.18 Å². The van der Waals surface area contributed by atoms with Crippen LogP contribution in [0.2, 0.25) is 5.02 Å². The Bertz CT molecular complexity index is 482. The molecule has 2 nitrogen and oxygen atoms in total. The molecule has 1 aromatic carbocycles. The summed E-state index contributed by atoms with van der Waals surface area (Å²) >= 11 is 5.97. The molecule has 118 valence electrons. The molecule has 1 aliphatic rings. The molecular formula is C15H20ClF3N2. The van der Waals surface area contributed by atoms with E-state index >= 15 is 0 Å². The van der Waals surface area contributed by atoms with Crippen LogP contribution < -0.4 is 5.32 Å². The van der Waals surface area contributed by atoms with Crippen LogP contribution in [-0.2, 0) is 6.18 Å². The third kappa shape index (κ3) is 4.27. The van der Waals surface area contributed by atoms with E-state index in [4.69, 9.17) is 11.6 Å². The normalized spacial score (nSPS) is 19.5. The predicted octanol–water partition coefficient (Wildman–Crippen LogP) is 4.50. The van der Waals surface area contributed by atoms with Crippen molar-refractivity contribution in [2.24, 2.45) is 5.92 Å². The number of rotatable bonds is 3. The molecule has 0 aliphatic carbocycles. The van der Waals surface area contributed by atoms with Gasteiger partial charge in [0.2, 0.25) is 0 Å². The van der Waals surface area contributed by atoms with Crippen LogP contribution >= 0.6 is 11.6 Å². The van der Waals surface area contributed by atoms with Crippen molar-refractivity contribution in [1.82, 2.24) is 4.90 Å². The molecule has 0 aromatic heterocycles. The largest absolute Gasteiger partial charge is 0.416 e. The summed E-state index contributed by atoms with van der Waals surface area (Å²) in [5.74, 6) is 0.513. The number of nitrogens with one attached hydrogen (secondary N) is 1. The molecule has 1 fully saturated rings. The lowest BCUT2D eigenvalue weighted by Crippen LogP contribution is -2.37. The van der Waals surface area contributed by atoms with Crippen molar-refractivity contribution in [1.29, 1.82) is 0 Å². The maximum absolute atomic E-state index is 12.6. The van der Waals surface area contributed by atoms with Crippen LogP contribution in [0.25, 0.3) is 0 Å². The van der Waals surface area contributed by atoms with E-state index in [1.807, 2.05) is 0 Å². The first kappa shape index (κ1) is 16.4. The van der Waals surface area contributed by atoms with E-state index in [-0.39, 0.29) is 11.1 Å². The van der Waals surface area contributed by atoms with Crippen LogP contribution in [0.5, 0.6) is 0 Å². The Kier molecular flexibility index (Phi) is 5.04. The maximum atomic E-state index is 12.6. The smallest absolute Gasteiger partial charge is 0.381 e. The van der Waals surface area contributed by atoms with Crippen LogP contribution in [0.1, 0.15) is 25.3 Å². The summed E-state index contributed by atoms with van der Waals surface area (Å²) in [5.41, 5.74) is -0.152. The molecule has 0 amide bonds. The molecule has 0 spiro atoms. The average molecular weight is 321 g/mol. The lowest BCUT2D eigenvalue weighted by molar-refractivity contribution is -0.137. The van der Waals surface area contributed by atoms with Gasteiger partial charge in [-0.1, -0.05) is 11.6 Å².